The molecule has 1 N–H and O–H groups in total. The van der Waals surface area contributed by atoms with Crippen molar-refractivity contribution in [3.8, 4) is 0 Å². The molecule has 0 aliphatic carbocycles. The highest BCUT2D eigenvalue weighted by Crippen LogP contribution is 2.08. The molecule has 0 fully saturated rings. The summed E-state index contributed by atoms with van der Waals surface area (Å²) in [5.74, 6) is 0.833. The van der Waals surface area contributed by atoms with Gasteiger partial charge in [0.25, 0.3) is 0 Å². The summed E-state index contributed by atoms with van der Waals surface area (Å²) in [6.07, 6.45) is 3.75. The molecule has 1 rings (SSSR count). The van der Waals surface area contributed by atoms with E-state index in [1.54, 1.807) is 0 Å². The number of hydrogen-bond donors (Lipinski definition) is 1. The van der Waals surface area contributed by atoms with Crippen molar-refractivity contribution in [3.05, 3.63) is 24.5 Å². The van der Waals surface area contributed by atoms with Gasteiger partial charge in [0.2, 0.25) is 0 Å². The second-order valence-electron chi connectivity index (χ2n) is 5.62. The maximum atomic E-state index is 2.86. The van der Waals surface area contributed by atoms with Gasteiger partial charge in [-0.15, -0.1) is 0 Å². The zero-order valence-electron chi connectivity index (χ0n) is 10.9. The van der Waals surface area contributed by atoms with Crippen molar-refractivity contribution in [2.24, 2.45) is 11.3 Å². The van der Waals surface area contributed by atoms with Crippen LogP contribution in [0, 0.1) is 11.3 Å². The van der Waals surface area contributed by atoms with Crippen LogP contribution in [-0.2, 0) is 0 Å². The van der Waals surface area contributed by atoms with Gasteiger partial charge >= 0.3 is 0 Å². The molecule has 0 unspecified atom stereocenters. The number of aromatic nitrogens is 1. The fourth-order valence-corrected chi connectivity index (χ4v) is 0.278. The molecule has 1 aromatic heterocycles. The predicted molar refractivity (Wildman–Crippen MR) is 66.4 cm³/mol. The van der Waals surface area contributed by atoms with E-state index >= 15 is 0 Å². The van der Waals surface area contributed by atoms with Crippen LogP contribution in [0.5, 0.6) is 0 Å². The van der Waals surface area contributed by atoms with Crippen molar-refractivity contribution in [2.45, 2.75) is 48.5 Å². The second-order valence-corrected chi connectivity index (χ2v) is 5.62. The first-order chi connectivity index (χ1) is 6.23. The third-order valence-corrected chi connectivity index (χ3v) is 0.496. The number of aromatic amines is 1. The van der Waals surface area contributed by atoms with Crippen LogP contribution in [0.3, 0.4) is 0 Å². The molecule has 0 amide bonds. The van der Waals surface area contributed by atoms with Crippen molar-refractivity contribution < 1.29 is 0 Å². The molecule has 1 aromatic rings. The van der Waals surface area contributed by atoms with E-state index in [1.807, 2.05) is 24.5 Å². The van der Waals surface area contributed by atoms with Crippen LogP contribution in [-0.4, -0.2) is 4.98 Å². The Balaban J connectivity index is 0. The first-order valence-electron chi connectivity index (χ1n) is 5.31. The third kappa shape index (κ3) is 65.1. The molecule has 14 heavy (non-hydrogen) atoms. The minimum absolute atomic E-state index is 0.500. The molecule has 1 heterocycles. The fraction of sp³-hybridized carbons (Fsp3) is 0.692. The van der Waals surface area contributed by atoms with Crippen molar-refractivity contribution in [3.63, 3.8) is 0 Å². The summed E-state index contributed by atoms with van der Waals surface area (Å²) in [5.41, 5.74) is 0.500. The van der Waals surface area contributed by atoms with Crippen molar-refractivity contribution >= 4 is 0 Å². The van der Waals surface area contributed by atoms with Crippen molar-refractivity contribution in [1.29, 1.82) is 0 Å². The van der Waals surface area contributed by atoms with E-state index in [0.29, 0.717) is 5.41 Å². The van der Waals surface area contributed by atoms with E-state index in [4.69, 9.17) is 0 Å². The largest absolute Gasteiger partial charge is 0.368 e. The Morgan fingerprint density at radius 3 is 1.14 bits per heavy atom. The van der Waals surface area contributed by atoms with E-state index in [9.17, 15) is 0 Å². The highest BCUT2D eigenvalue weighted by atomic mass is 14.6. The lowest BCUT2D eigenvalue weighted by Gasteiger charge is -2.05. The predicted octanol–water partition coefficient (Wildman–Crippen LogP) is 4.73. The van der Waals surface area contributed by atoms with Gasteiger partial charge in [0.15, 0.2) is 0 Å². The second kappa shape index (κ2) is 8.86. The molecule has 0 saturated carbocycles. The maximum absolute atomic E-state index is 2.86. The normalized spacial score (nSPS) is 9.71. The maximum Gasteiger partial charge on any atom is 0.000496 e. The van der Waals surface area contributed by atoms with Crippen LogP contribution >= 0.6 is 0 Å². The minimum atomic E-state index is 0.500. The quantitative estimate of drug-likeness (QED) is 0.619. The summed E-state index contributed by atoms with van der Waals surface area (Å²) in [5, 5.41) is 0. The summed E-state index contributed by atoms with van der Waals surface area (Å²) in [6, 6.07) is 3.89. The highest BCUT2D eigenvalue weighted by molar-refractivity contribution is 4.84. The molecule has 0 aliphatic rings. The molecule has 0 atom stereocenters. The molecule has 0 bridgehead atoms. The summed E-state index contributed by atoms with van der Waals surface area (Å²) < 4.78 is 0. The molecular formula is C13H27N. The van der Waals surface area contributed by atoms with Gasteiger partial charge in [0, 0.05) is 12.4 Å². The van der Waals surface area contributed by atoms with E-state index in [1.165, 1.54) is 0 Å². The summed E-state index contributed by atoms with van der Waals surface area (Å²) in [7, 11) is 0. The summed E-state index contributed by atoms with van der Waals surface area (Å²) >= 11 is 0. The topological polar surface area (TPSA) is 15.8 Å². The van der Waals surface area contributed by atoms with E-state index in [-0.39, 0.29) is 0 Å². The lowest BCUT2D eigenvalue weighted by atomic mass is 10.0. The van der Waals surface area contributed by atoms with Gasteiger partial charge in [-0.1, -0.05) is 48.5 Å². The van der Waals surface area contributed by atoms with Gasteiger partial charge in [-0.25, -0.2) is 0 Å². The van der Waals surface area contributed by atoms with Crippen LogP contribution in [0.4, 0.5) is 0 Å². The Kier molecular flexibility index (Phi) is 9.96. The van der Waals surface area contributed by atoms with Gasteiger partial charge in [-0.3, -0.25) is 0 Å². The lowest BCUT2D eigenvalue weighted by Crippen LogP contribution is -1.93. The number of nitrogens with one attached hydrogen (secondary N) is 1. The third-order valence-electron chi connectivity index (χ3n) is 0.496. The van der Waals surface area contributed by atoms with E-state index < -0.39 is 0 Å². The van der Waals surface area contributed by atoms with Crippen LogP contribution < -0.4 is 0 Å². The van der Waals surface area contributed by atoms with Crippen molar-refractivity contribution in [2.75, 3.05) is 0 Å². The van der Waals surface area contributed by atoms with Gasteiger partial charge in [0.05, 0.1) is 0 Å². The van der Waals surface area contributed by atoms with E-state index in [2.05, 4.69) is 53.5 Å². The fourth-order valence-electron chi connectivity index (χ4n) is 0.278. The lowest BCUT2D eigenvalue weighted by molar-refractivity contribution is 0.469. The molecule has 0 radical (unpaired) electrons. The molecule has 1 nitrogen and oxygen atoms in total. The molecule has 0 aliphatic heterocycles. The van der Waals surface area contributed by atoms with Gasteiger partial charge < -0.3 is 4.98 Å². The standard InChI is InChI=1S/C5H12.C4H5N.C4H10/c1-5(2,3)4;1-2-4-5-3-1;1-4(2)3/h1-4H3;1-5H;4H,1-3H3. The zero-order valence-corrected chi connectivity index (χ0v) is 10.9. The number of H-pyrrole nitrogens is 1. The van der Waals surface area contributed by atoms with Crippen LogP contribution in [0.25, 0.3) is 0 Å². The highest BCUT2D eigenvalue weighted by Gasteiger charge is 1.95. The number of hydrogen-bond acceptors (Lipinski definition) is 0. The summed E-state index contributed by atoms with van der Waals surface area (Å²) in [4.78, 5) is 2.86. The Bertz CT molecular complexity index is 142. The Labute approximate surface area is 89.9 Å². The smallest absolute Gasteiger partial charge is 0.000496 e. The monoisotopic (exact) mass is 197 g/mol. The van der Waals surface area contributed by atoms with Crippen LogP contribution in [0.1, 0.15) is 48.5 Å². The molecule has 0 saturated heterocycles. The van der Waals surface area contributed by atoms with Crippen LogP contribution in [0.2, 0.25) is 0 Å². The average Bonchev–Trinajstić information content (AvgIpc) is 2.32. The summed E-state index contributed by atoms with van der Waals surface area (Å²) in [6.45, 7) is 15.2. The average molecular weight is 197 g/mol. The first-order valence-corrected chi connectivity index (χ1v) is 5.31. The molecule has 1 heteroatoms. The molecule has 0 spiro atoms. The van der Waals surface area contributed by atoms with Gasteiger partial charge in [-0.05, 0) is 23.5 Å². The number of rotatable bonds is 0. The van der Waals surface area contributed by atoms with Crippen LogP contribution in [0.15, 0.2) is 24.5 Å². The SMILES string of the molecule is CC(C)(C)C.CC(C)C.c1cc[nH]c1. The molecule has 84 valence electrons. The minimum Gasteiger partial charge on any atom is -0.368 e. The van der Waals surface area contributed by atoms with E-state index in [0.717, 1.165) is 5.92 Å². The molecular weight excluding hydrogens is 170 g/mol. The Morgan fingerprint density at radius 2 is 1.07 bits per heavy atom. The Morgan fingerprint density at radius 1 is 0.857 bits per heavy atom. The van der Waals surface area contributed by atoms with Gasteiger partial charge in [-0.2, -0.15) is 0 Å². The van der Waals surface area contributed by atoms with Crippen molar-refractivity contribution in [1.82, 2.24) is 4.98 Å². The zero-order chi connectivity index (χ0) is 11.6. The molecule has 0 aromatic carbocycles. The first kappa shape index (κ1) is 15.7. The van der Waals surface area contributed by atoms with Gasteiger partial charge in [0.1, 0.15) is 0 Å². The Hall–Kier alpha value is -0.720.